The summed E-state index contributed by atoms with van der Waals surface area (Å²) in [5, 5.41) is 4.15. The lowest BCUT2D eigenvalue weighted by molar-refractivity contribution is 0.0959. The van der Waals surface area contributed by atoms with Gasteiger partial charge in [-0.05, 0) is 42.3 Å². The van der Waals surface area contributed by atoms with Gasteiger partial charge in [-0.3, -0.25) is 4.79 Å². The first kappa shape index (κ1) is 16.6. The molecule has 5 heteroatoms. The second-order valence-corrected chi connectivity index (χ2v) is 6.18. The van der Waals surface area contributed by atoms with Crippen LogP contribution in [-0.2, 0) is 0 Å². The number of fused-ring (bicyclic) bond motifs is 1. The fourth-order valence-corrected chi connectivity index (χ4v) is 3.34. The Kier molecular flexibility index (Phi) is 4.88. The maximum Gasteiger partial charge on any atom is 0.267 e. The Morgan fingerprint density at radius 1 is 1.21 bits per heavy atom. The Balaban J connectivity index is 2.09. The summed E-state index contributed by atoms with van der Waals surface area (Å²) in [4.78, 5) is 14.9. The van der Waals surface area contributed by atoms with Crippen molar-refractivity contribution in [2.24, 2.45) is 5.73 Å². The molecule has 0 fully saturated rings. The maximum absolute atomic E-state index is 11.8. The molecule has 1 atom stereocenters. The molecule has 0 aliphatic heterocycles. The predicted molar refractivity (Wildman–Crippen MR) is 98.7 cm³/mol. The Morgan fingerprint density at radius 3 is 2.62 bits per heavy atom. The number of hydrogen-bond donors (Lipinski definition) is 3. The van der Waals surface area contributed by atoms with E-state index < -0.39 is 0 Å². The molecule has 0 aliphatic carbocycles. The largest absolute Gasteiger partial charge is 0.354 e. The highest BCUT2D eigenvalue weighted by Crippen LogP contribution is 2.33. The Labute approximate surface area is 146 Å². The number of carbonyl (C=O) groups excluding carboxylic acids is 1. The standard InChI is InChI=1S/C19H20ClN3O/c1-22-19(24)17-11-14-9-13(10-16(20)18(14)23-17)15(7-8-21)12-5-3-2-4-6-12/h2-6,9-11,15,23H,7-8,21H2,1H3,(H,22,24). The number of aromatic nitrogens is 1. The van der Waals surface area contributed by atoms with Gasteiger partial charge in [-0.15, -0.1) is 0 Å². The molecule has 0 saturated carbocycles. The van der Waals surface area contributed by atoms with Gasteiger partial charge in [-0.1, -0.05) is 41.9 Å². The van der Waals surface area contributed by atoms with Gasteiger partial charge >= 0.3 is 0 Å². The number of amides is 1. The summed E-state index contributed by atoms with van der Waals surface area (Å²) >= 11 is 6.46. The zero-order chi connectivity index (χ0) is 17.1. The van der Waals surface area contributed by atoms with Crippen molar-refractivity contribution in [3.8, 4) is 0 Å². The molecular formula is C19H20ClN3O. The molecule has 0 bridgehead atoms. The first-order chi connectivity index (χ1) is 11.6. The van der Waals surface area contributed by atoms with E-state index in [0.29, 0.717) is 17.3 Å². The number of carbonyl (C=O) groups is 1. The number of nitrogens with one attached hydrogen (secondary N) is 2. The molecule has 4 nitrogen and oxygen atoms in total. The van der Waals surface area contributed by atoms with Gasteiger partial charge < -0.3 is 16.0 Å². The summed E-state index contributed by atoms with van der Waals surface area (Å²) in [6, 6.07) is 16.1. The van der Waals surface area contributed by atoms with Crippen LogP contribution in [0.25, 0.3) is 10.9 Å². The third kappa shape index (κ3) is 3.16. The van der Waals surface area contributed by atoms with Crippen LogP contribution in [-0.4, -0.2) is 24.5 Å². The smallest absolute Gasteiger partial charge is 0.267 e. The van der Waals surface area contributed by atoms with Crippen molar-refractivity contribution in [1.29, 1.82) is 0 Å². The van der Waals surface area contributed by atoms with E-state index in [9.17, 15) is 4.79 Å². The van der Waals surface area contributed by atoms with Gasteiger partial charge in [0, 0.05) is 18.4 Å². The van der Waals surface area contributed by atoms with E-state index >= 15 is 0 Å². The first-order valence-electron chi connectivity index (χ1n) is 7.93. The molecule has 3 aromatic rings. The molecule has 124 valence electrons. The van der Waals surface area contributed by atoms with Gasteiger partial charge in [-0.25, -0.2) is 0 Å². The topological polar surface area (TPSA) is 70.9 Å². The zero-order valence-electron chi connectivity index (χ0n) is 13.5. The SMILES string of the molecule is CNC(=O)c1cc2cc(C(CCN)c3ccccc3)cc(Cl)c2[nH]1. The van der Waals surface area contributed by atoms with E-state index in [1.165, 1.54) is 5.56 Å². The van der Waals surface area contributed by atoms with Crippen LogP contribution < -0.4 is 11.1 Å². The van der Waals surface area contributed by atoms with Gasteiger partial charge in [0.2, 0.25) is 0 Å². The van der Waals surface area contributed by atoms with Crippen molar-refractivity contribution in [2.45, 2.75) is 12.3 Å². The van der Waals surface area contributed by atoms with Crippen LogP contribution in [0.2, 0.25) is 5.02 Å². The minimum Gasteiger partial charge on any atom is -0.354 e. The number of benzene rings is 2. The molecule has 1 unspecified atom stereocenters. The van der Waals surface area contributed by atoms with E-state index in [0.717, 1.165) is 22.9 Å². The fraction of sp³-hybridized carbons (Fsp3) is 0.211. The fourth-order valence-electron chi connectivity index (χ4n) is 3.06. The van der Waals surface area contributed by atoms with E-state index in [4.69, 9.17) is 17.3 Å². The van der Waals surface area contributed by atoms with Crippen molar-refractivity contribution in [3.05, 3.63) is 70.4 Å². The molecule has 0 aliphatic rings. The zero-order valence-corrected chi connectivity index (χ0v) is 14.2. The number of H-pyrrole nitrogens is 1. The highest BCUT2D eigenvalue weighted by molar-refractivity contribution is 6.35. The Hall–Kier alpha value is -2.30. The van der Waals surface area contributed by atoms with Gasteiger partial charge in [0.05, 0.1) is 10.5 Å². The van der Waals surface area contributed by atoms with E-state index in [2.05, 4.69) is 28.5 Å². The minimum absolute atomic E-state index is 0.162. The molecule has 24 heavy (non-hydrogen) atoms. The number of nitrogens with two attached hydrogens (primary N) is 1. The van der Waals surface area contributed by atoms with E-state index in [1.807, 2.05) is 30.3 Å². The Morgan fingerprint density at radius 2 is 1.96 bits per heavy atom. The van der Waals surface area contributed by atoms with E-state index in [1.54, 1.807) is 7.05 Å². The summed E-state index contributed by atoms with van der Waals surface area (Å²) in [5.41, 5.74) is 9.41. The van der Waals surface area contributed by atoms with Crippen molar-refractivity contribution in [2.75, 3.05) is 13.6 Å². The van der Waals surface area contributed by atoms with Crippen molar-refractivity contribution in [1.82, 2.24) is 10.3 Å². The summed E-state index contributed by atoms with van der Waals surface area (Å²) in [6.07, 6.45) is 0.832. The van der Waals surface area contributed by atoms with Crippen molar-refractivity contribution in [3.63, 3.8) is 0 Å². The highest BCUT2D eigenvalue weighted by atomic mass is 35.5. The van der Waals surface area contributed by atoms with Crippen LogP contribution in [0.5, 0.6) is 0 Å². The average Bonchev–Trinajstić information content (AvgIpc) is 3.04. The molecule has 1 aromatic heterocycles. The minimum atomic E-state index is -0.162. The molecule has 0 saturated heterocycles. The van der Waals surface area contributed by atoms with Crippen LogP contribution in [0.4, 0.5) is 0 Å². The van der Waals surface area contributed by atoms with E-state index in [-0.39, 0.29) is 11.8 Å². The molecule has 0 radical (unpaired) electrons. The summed E-state index contributed by atoms with van der Waals surface area (Å²) < 4.78 is 0. The maximum atomic E-state index is 11.8. The average molecular weight is 342 g/mol. The number of halogens is 1. The third-order valence-electron chi connectivity index (χ3n) is 4.23. The lowest BCUT2D eigenvalue weighted by Gasteiger charge is -2.18. The van der Waals surface area contributed by atoms with Gasteiger partial charge in [-0.2, -0.15) is 0 Å². The monoisotopic (exact) mass is 341 g/mol. The normalized spacial score (nSPS) is 12.3. The third-order valence-corrected chi connectivity index (χ3v) is 4.53. The second-order valence-electron chi connectivity index (χ2n) is 5.77. The summed E-state index contributed by atoms with van der Waals surface area (Å²) in [6.45, 7) is 0.589. The van der Waals surface area contributed by atoms with Crippen LogP contribution in [0, 0.1) is 0 Å². The molecule has 4 N–H and O–H groups in total. The van der Waals surface area contributed by atoms with Crippen LogP contribution >= 0.6 is 11.6 Å². The summed E-state index contributed by atoms with van der Waals surface area (Å²) in [7, 11) is 1.60. The van der Waals surface area contributed by atoms with Gasteiger partial charge in [0.15, 0.2) is 0 Å². The quantitative estimate of drug-likeness (QED) is 0.662. The van der Waals surface area contributed by atoms with Gasteiger partial charge in [0.25, 0.3) is 5.91 Å². The van der Waals surface area contributed by atoms with Crippen molar-refractivity contribution >= 4 is 28.4 Å². The first-order valence-corrected chi connectivity index (χ1v) is 8.31. The van der Waals surface area contributed by atoms with Gasteiger partial charge in [0.1, 0.15) is 5.69 Å². The highest BCUT2D eigenvalue weighted by Gasteiger charge is 2.17. The van der Waals surface area contributed by atoms with Crippen LogP contribution in [0.3, 0.4) is 0 Å². The molecule has 3 rings (SSSR count). The number of aromatic amines is 1. The second kappa shape index (κ2) is 7.07. The number of hydrogen-bond acceptors (Lipinski definition) is 2. The van der Waals surface area contributed by atoms with Crippen LogP contribution in [0.1, 0.15) is 34.0 Å². The predicted octanol–water partition coefficient (Wildman–Crippen LogP) is 3.66. The molecule has 2 aromatic carbocycles. The molecular weight excluding hydrogens is 322 g/mol. The molecule has 0 spiro atoms. The lowest BCUT2D eigenvalue weighted by Crippen LogP contribution is -2.17. The summed E-state index contributed by atoms with van der Waals surface area (Å²) in [5.74, 6) is 0.0156. The molecule has 1 heterocycles. The van der Waals surface area contributed by atoms with Crippen LogP contribution in [0.15, 0.2) is 48.5 Å². The molecule has 1 amide bonds. The Bertz CT molecular complexity index is 858. The van der Waals surface area contributed by atoms with Crippen molar-refractivity contribution < 1.29 is 4.79 Å². The number of rotatable bonds is 5. The lowest BCUT2D eigenvalue weighted by atomic mass is 9.88.